The highest BCUT2D eigenvalue weighted by atomic mass is 32.2. The van der Waals surface area contributed by atoms with Crippen molar-refractivity contribution in [1.82, 2.24) is 0 Å². The zero-order valence-corrected chi connectivity index (χ0v) is 7.86. The summed E-state index contributed by atoms with van der Waals surface area (Å²) in [6.07, 6.45) is 5.02. The molecule has 1 aliphatic rings. The molecule has 1 heterocycles. The molecular weight excluding hydrogens is 160 g/mol. The fourth-order valence-electron chi connectivity index (χ4n) is 0.830. The number of ether oxygens (including phenoxy) is 2. The van der Waals surface area contributed by atoms with Crippen LogP contribution in [0.25, 0.3) is 0 Å². The predicted molar refractivity (Wildman–Crippen MR) is 48.2 cm³/mol. The molecule has 0 amide bonds. The zero-order chi connectivity index (χ0) is 7.94. The van der Waals surface area contributed by atoms with Gasteiger partial charge in [0, 0.05) is 6.61 Å². The van der Waals surface area contributed by atoms with Crippen LogP contribution in [-0.2, 0) is 9.47 Å². The van der Waals surface area contributed by atoms with E-state index < -0.39 is 0 Å². The van der Waals surface area contributed by atoms with Crippen molar-refractivity contribution in [3.05, 3.63) is 0 Å². The van der Waals surface area contributed by atoms with Crippen molar-refractivity contribution in [3.63, 3.8) is 0 Å². The Kier molecular flexibility index (Phi) is 4.99. The summed E-state index contributed by atoms with van der Waals surface area (Å²) in [6, 6.07) is 0. The highest BCUT2D eigenvalue weighted by molar-refractivity contribution is 7.98. The minimum atomic E-state index is 0.426. The maximum atomic E-state index is 5.37. The number of hydrogen-bond acceptors (Lipinski definition) is 3. The molecule has 11 heavy (non-hydrogen) atoms. The minimum Gasteiger partial charge on any atom is -0.379 e. The Morgan fingerprint density at radius 2 is 2.36 bits per heavy atom. The van der Waals surface area contributed by atoms with Crippen LogP contribution < -0.4 is 0 Å². The first-order chi connectivity index (χ1) is 5.43. The summed E-state index contributed by atoms with van der Waals surface area (Å²) in [4.78, 5) is 0. The van der Waals surface area contributed by atoms with E-state index in [2.05, 4.69) is 6.26 Å². The molecule has 0 aromatic heterocycles. The van der Waals surface area contributed by atoms with Crippen LogP contribution >= 0.6 is 11.8 Å². The summed E-state index contributed by atoms with van der Waals surface area (Å²) in [5.74, 6) is 1.25. The minimum absolute atomic E-state index is 0.426. The van der Waals surface area contributed by atoms with E-state index >= 15 is 0 Å². The average Bonchev–Trinajstić information content (AvgIpc) is 2.80. The molecule has 1 aliphatic heterocycles. The molecule has 0 radical (unpaired) electrons. The monoisotopic (exact) mass is 176 g/mol. The first-order valence-corrected chi connectivity index (χ1v) is 5.51. The normalized spacial score (nSPS) is 22.1. The van der Waals surface area contributed by atoms with Crippen LogP contribution in [0.4, 0.5) is 0 Å². The summed E-state index contributed by atoms with van der Waals surface area (Å²) in [5, 5.41) is 0. The fourth-order valence-corrected chi connectivity index (χ4v) is 1.32. The van der Waals surface area contributed by atoms with Crippen molar-refractivity contribution < 1.29 is 9.47 Å². The van der Waals surface area contributed by atoms with E-state index in [0.29, 0.717) is 6.10 Å². The lowest BCUT2D eigenvalue weighted by atomic mass is 10.3. The van der Waals surface area contributed by atoms with Gasteiger partial charge in [-0.25, -0.2) is 0 Å². The Morgan fingerprint density at radius 1 is 1.55 bits per heavy atom. The van der Waals surface area contributed by atoms with Crippen molar-refractivity contribution in [1.29, 1.82) is 0 Å². The van der Waals surface area contributed by atoms with E-state index in [1.54, 1.807) is 0 Å². The summed E-state index contributed by atoms with van der Waals surface area (Å²) < 4.78 is 10.4. The van der Waals surface area contributed by atoms with Gasteiger partial charge in [-0.3, -0.25) is 0 Å². The number of rotatable bonds is 7. The van der Waals surface area contributed by atoms with Gasteiger partial charge in [-0.1, -0.05) is 0 Å². The van der Waals surface area contributed by atoms with Crippen molar-refractivity contribution in [3.8, 4) is 0 Å². The van der Waals surface area contributed by atoms with E-state index in [1.807, 2.05) is 11.8 Å². The highest BCUT2D eigenvalue weighted by Gasteiger charge is 2.21. The number of hydrogen-bond donors (Lipinski definition) is 0. The lowest BCUT2D eigenvalue weighted by Crippen LogP contribution is -2.02. The molecular formula is C8H16O2S. The quantitative estimate of drug-likeness (QED) is 0.434. The average molecular weight is 176 g/mol. The molecule has 0 N–H and O–H groups in total. The molecule has 3 heteroatoms. The Morgan fingerprint density at radius 3 is 3.00 bits per heavy atom. The Balaban J connectivity index is 1.66. The van der Waals surface area contributed by atoms with Crippen LogP contribution in [-0.4, -0.2) is 37.9 Å². The van der Waals surface area contributed by atoms with Gasteiger partial charge in [0.1, 0.15) is 6.10 Å². The topological polar surface area (TPSA) is 21.8 Å². The molecule has 0 bridgehead atoms. The maximum absolute atomic E-state index is 5.37. The SMILES string of the molecule is CSCCCCOCC1CO1. The first kappa shape index (κ1) is 9.36. The van der Waals surface area contributed by atoms with Crippen LogP contribution in [0.5, 0.6) is 0 Å². The Hall–Kier alpha value is 0.270. The third-order valence-electron chi connectivity index (χ3n) is 1.59. The van der Waals surface area contributed by atoms with E-state index in [4.69, 9.17) is 9.47 Å². The molecule has 0 aromatic carbocycles. The molecule has 0 saturated carbocycles. The number of unbranched alkanes of at least 4 members (excludes halogenated alkanes) is 1. The molecule has 1 unspecified atom stereocenters. The van der Waals surface area contributed by atoms with Gasteiger partial charge in [-0.2, -0.15) is 11.8 Å². The predicted octanol–water partition coefficient (Wildman–Crippen LogP) is 1.54. The smallest absolute Gasteiger partial charge is 0.104 e. The lowest BCUT2D eigenvalue weighted by molar-refractivity contribution is 0.114. The molecule has 2 nitrogen and oxygen atoms in total. The third-order valence-corrected chi connectivity index (χ3v) is 2.29. The maximum Gasteiger partial charge on any atom is 0.104 e. The lowest BCUT2D eigenvalue weighted by Gasteiger charge is -2.00. The standard InChI is InChI=1S/C8H16O2S/c1-11-5-3-2-4-9-6-8-7-10-8/h8H,2-7H2,1H3. The van der Waals surface area contributed by atoms with Crippen LogP contribution in [0.1, 0.15) is 12.8 Å². The van der Waals surface area contributed by atoms with Crippen LogP contribution in [0, 0.1) is 0 Å². The summed E-state index contributed by atoms with van der Waals surface area (Å²) in [6.45, 7) is 2.62. The van der Waals surface area contributed by atoms with Crippen molar-refractivity contribution in [2.45, 2.75) is 18.9 Å². The van der Waals surface area contributed by atoms with E-state index in [9.17, 15) is 0 Å². The molecule has 1 atom stereocenters. The number of epoxide rings is 1. The molecule has 0 aromatic rings. The molecule has 1 saturated heterocycles. The van der Waals surface area contributed by atoms with Crippen LogP contribution in [0.2, 0.25) is 0 Å². The second-order valence-corrected chi connectivity index (χ2v) is 3.72. The van der Waals surface area contributed by atoms with Crippen LogP contribution in [0.3, 0.4) is 0 Å². The second-order valence-electron chi connectivity index (χ2n) is 2.73. The highest BCUT2D eigenvalue weighted by Crippen LogP contribution is 2.08. The Labute approximate surface area is 72.6 Å². The van der Waals surface area contributed by atoms with Crippen molar-refractivity contribution in [2.24, 2.45) is 0 Å². The second kappa shape index (κ2) is 5.86. The summed E-state index contributed by atoms with van der Waals surface area (Å²) in [5.41, 5.74) is 0. The number of thioether (sulfide) groups is 1. The van der Waals surface area contributed by atoms with Gasteiger partial charge < -0.3 is 9.47 Å². The van der Waals surface area contributed by atoms with E-state index in [0.717, 1.165) is 19.8 Å². The van der Waals surface area contributed by atoms with Crippen molar-refractivity contribution >= 4 is 11.8 Å². The molecule has 1 rings (SSSR count). The van der Waals surface area contributed by atoms with E-state index in [-0.39, 0.29) is 0 Å². The van der Waals surface area contributed by atoms with Gasteiger partial charge in [-0.05, 0) is 24.9 Å². The summed E-state index contributed by atoms with van der Waals surface area (Å²) >= 11 is 1.90. The van der Waals surface area contributed by atoms with Gasteiger partial charge in [0.05, 0.1) is 13.2 Å². The van der Waals surface area contributed by atoms with Gasteiger partial charge in [-0.15, -0.1) is 0 Å². The van der Waals surface area contributed by atoms with Crippen LogP contribution in [0.15, 0.2) is 0 Å². The molecule has 66 valence electrons. The first-order valence-electron chi connectivity index (χ1n) is 4.12. The van der Waals surface area contributed by atoms with Gasteiger partial charge in [0.15, 0.2) is 0 Å². The molecule has 0 aliphatic carbocycles. The largest absolute Gasteiger partial charge is 0.379 e. The molecule has 0 spiro atoms. The van der Waals surface area contributed by atoms with Gasteiger partial charge >= 0.3 is 0 Å². The summed E-state index contributed by atoms with van der Waals surface area (Å²) in [7, 11) is 0. The van der Waals surface area contributed by atoms with E-state index in [1.165, 1.54) is 18.6 Å². The van der Waals surface area contributed by atoms with Gasteiger partial charge in [0.25, 0.3) is 0 Å². The zero-order valence-electron chi connectivity index (χ0n) is 7.04. The van der Waals surface area contributed by atoms with Gasteiger partial charge in [0.2, 0.25) is 0 Å². The molecule has 1 fully saturated rings. The fraction of sp³-hybridized carbons (Fsp3) is 1.00. The Bertz CT molecular complexity index is 94.1. The third kappa shape index (κ3) is 5.53. The van der Waals surface area contributed by atoms with Crippen molar-refractivity contribution in [2.75, 3.05) is 31.8 Å².